The number of nitrogens with zero attached hydrogens (tertiary/aromatic N) is 2. The highest BCUT2D eigenvalue weighted by molar-refractivity contribution is 5.74. The van der Waals surface area contributed by atoms with E-state index in [2.05, 4.69) is 17.4 Å². The number of likely N-dealkylation sites (tertiary alicyclic amines) is 1. The highest BCUT2D eigenvalue weighted by atomic mass is 16.5. The fourth-order valence-electron chi connectivity index (χ4n) is 3.06. The molecule has 0 aliphatic carbocycles. The van der Waals surface area contributed by atoms with Crippen molar-refractivity contribution >= 4 is 6.03 Å². The Morgan fingerprint density at radius 1 is 1.39 bits per heavy atom. The van der Waals surface area contributed by atoms with Gasteiger partial charge in [-0.1, -0.05) is 12.1 Å². The number of nitrogens with one attached hydrogen (secondary N) is 1. The van der Waals surface area contributed by atoms with Gasteiger partial charge in [-0.15, -0.1) is 0 Å². The summed E-state index contributed by atoms with van der Waals surface area (Å²) in [5, 5.41) is 6.82. The summed E-state index contributed by atoms with van der Waals surface area (Å²) < 4.78 is 10.8. The van der Waals surface area contributed by atoms with Gasteiger partial charge in [0.15, 0.2) is 0 Å². The summed E-state index contributed by atoms with van der Waals surface area (Å²) in [4.78, 5) is 14.5. The van der Waals surface area contributed by atoms with Gasteiger partial charge in [0.25, 0.3) is 0 Å². The number of aromatic nitrogens is 1. The van der Waals surface area contributed by atoms with Crippen LogP contribution >= 0.6 is 0 Å². The summed E-state index contributed by atoms with van der Waals surface area (Å²) in [6.07, 6.45) is 1.93. The van der Waals surface area contributed by atoms with Crippen LogP contribution in [0.15, 0.2) is 27.1 Å². The monoisotopic (exact) mass is 317 g/mol. The summed E-state index contributed by atoms with van der Waals surface area (Å²) in [7, 11) is 0. The van der Waals surface area contributed by atoms with Crippen molar-refractivity contribution in [2.45, 2.75) is 46.2 Å². The molecule has 1 aliphatic rings. The molecule has 2 amide bonds. The largest absolute Gasteiger partial charge is 0.464 e. The average Bonchev–Trinajstić information content (AvgIpc) is 3.13. The third-order valence-corrected chi connectivity index (χ3v) is 4.31. The molecule has 6 nitrogen and oxygen atoms in total. The van der Waals surface area contributed by atoms with E-state index in [0.717, 1.165) is 42.4 Å². The Morgan fingerprint density at radius 3 is 2.87 bits per heavy atom. The molecule has 3 rings (SSSR count). The zero-order valence-corrected chi connectivity index (χ0v) is 13.8. The number of amides is 2. The molecule has 3 heterocycles. The van der Waals surface area contributed by atoms with E-state index in [1.165, 1.54) is 0 Å². The first-order valence-electron chi connectivity index (χ1n) is 8.06. The van der Waals surface area contributed by atoms with Crippen LogP contribution in [0, 0.1) is 19.8 Å². The van der Waals surface area contributed by atoms with Crippen LogP contribution in [-0.4, -0.2) is 22.6 Å². The number of hydrogen-bond acceptors (Lipinski definition) is 4. The summed E-state index contributed by atoms with van der Waals surface area (Å²) in [6.45, 7) is 7.07. The van der Waals surface area contributed by atoms with Crippen LogP contribution in [0.25, 0.3) is 0 Å². The maximum atomic E-state index is 12.6. The van der Waals surface area contributed by atoms with E-state index >= 15 is 0 Å². The zero-order valence-electron chi connectivity index (χ0n) is 13.8. The third-order valence-electron chi connectivity index (χ3n) is 4.31. The van der Waals surface area contributed by atoms with Crippen LogP contribution in [0.3, 0.4) is 0 Å². The van der Waals surface area contributed by atoms with Crippen LogP contribution < -0.4 is 5.32 Å². The van der Waals surface area contributed by atoms with Crippen molar-refractivity contribution in [2.75, 3.05) is 6.54 Å². The molecular weight excluding hydrogens is 294 g/mol. The lowest BCUT2D eigenvalue weighted by atomic mass is 9.91. The molecule has 124 valence electrons. The summed E-state index contributed by atoms with van der Waals surface area (Å²) in [5.74, 6) is 3.05. The molecule has 1 fully saturated rings. The standard InChI is InChI=1S/C17H23N3O3/c1-11-6-7-20(15(8-11)16-5-4-12(2)22-16)17(21)18-10-14-9-13(3)23-19-14/h4-5,9,11,15H,6-8,10H2,1-3H3,(H,18,21)/t11-,15+/m0/s1. The van der Waals surface area contributed by atoms with Gasteiger partial charge in [0.05, 0.1) is 12.6 Å². The molecule has 0 unspecified atom stereocenters. The predicted molar refractivity (Wildman–Crippen MR) is 84.8 cm³/mol. The van der Waals surface area contributed by atoms with Crippen LogP contribution in [0.1, 0.15) is 48.8 Å². The van der Waals surface area contributed by atoms with Crippen molar-refractivity contribution in [1.29, 1.82) is 0 Å². The number of urea groups is 1. The molecule has 23 heavy (non-hydrogen) atoms. The quantitative estimate of drug-likeness (QED) is 0.939. The molecule has 1 aliphatic heterocycles. The highest BCUT2D eigenvalue weighted by Crippen LogP contribution is 2.34. The second kappa shape index (κ2) is 6.48. The smallest absolute Gasteiger partial charge is 0.318 e. The Morgan fingerprint density at radius 2 is 2.22 bits per heavy atom. The van der Waals surface area contributed by atoms with Crippen LogP contribution in [0.2, 0.25) is 0 Å². The highest BCUT2D eigenvalue weighted by Gasteiger charge is 2.32. The molecule has 2 atom stereocenters. The van der Waals surface area contributed by atoms with Crippen molar-refractivity contribution in [1.82, 2.24) is 15.4 Å². The van der Waals surface area contributed by atoms with Gasteiger partial charge in [0, 0.05) is 12.6 Å². The lowest BCUT2D eigenvalue weighted by Crippen LogP contribution is -2.45. The van der Waals surface area contributed by atoms with Gasteiger partial charge < -0.3 is 19.2 Å². The summed E-state index contributed by atoms with van der Waals surface area (Å²) >= 11 is 0. The average molecular weight is 317 g/mol. The maximum absolute atomic E-state index is 12.6. The van der Waals surface area contributed by atoms with Crippen molar-refractivity contribution < 1.29 is 13.7 Å². The first kappa shape index (κ1) is 15.6. The van der Waals surface area contributed by atoms with E-state index < -0.39 is 0 Å². The number of carbonyl (C=O) groups excluding carboxylic acids is 1. The second-order valence-electron chi connectivity index (χ2n) is 6.37. The number of piperidine rings is 1. The summed E-state index contributed by atoms with van der Waals surface area (Å²) in [5.41, 5.74) is 0.728. The second-order valence-corrected chi connectivity index (χ2v) is 6.37. The minimum Gasteiger partial charge on any atom is -0.464 e. The van der Waals surface area contributed by atoms with E-state index in [4.69, 9.17) is 8.94 Å². The minimum atomic E-state index is -0.0865. The summed E-state index contributed by atoms with van der Waals surface area (Å²) in [6, 6.07) is 5.65. The van der Waals surface area contributed by atoms with Crippen molar-refractivity contribution in [3.63, 3.8) is 0 Å². The molecule has 0 saturated carbocycles. The lowest BCUT2D eigenvalue weighted by Gasteiger charge is -2.37. The van der Waals surface area contributed by atoms with Gasteiger partial charge in [-0.25, -0.2) is 4.79 Å². The van der Waals surface area contributed by atoms with Gasteiger partial charge in [0.2, 0.25) is 0 Å². The van der Waals surface area contributed by atoms with Crippen molar-refractivity contribution in [3.8, 4) is 0 Å². The Labute approximate surface area is 135 Å². The maximum Gasteiger partial charge on any atom is 0.318 e. The fraction of sp³-hybridized carbons (Fsp3) is 0.529. The van der Waals surface area contributed by atoms with E-state index in [9.17, 15) is 4.79 Å². The van der Waals surface area contributed by atoms with Crippen LogP contribution in [0.5, 0.6) is 0 Å². The molecule has 0 radical (unpaired) electrons. The Balaban J connectivity index is 1.68. The van der Waals surface area contributed by atoms with Gasteiger partial charge in [-0.2, -0.15) is 0 Å². The van der Waals surface area contributed by atoms with Crippen LogP contribution in [-0.2, 0) is 6.54 Å². The normalized spacial score (nSPS) is 21.4. The topological polar surface area (TPSA) is 71.5 Å². The SMILES string of the molecule is Cc1cc(CNC(=O)N2CC[C@H](C)C[C@@H]2c2ccc(C)o2)no1. The van der Waals surface area contributed by atoms with Gasteiger partial charge >= 0.3 is 6.03 Å². The molecule has 0 aromatic carbocycles. The first-order chi connectivity index (χ1) is 11.0. The molecule has 1 N–H and O–H groups in total. The van der Waals surface area contributed by atoms with Crippen LogP contribution in [0.4, 0.5) is 4.79 Å². The zero-order chi connectivity index (χ0) is 16.4. The molecular formula is C17H23N3O3. The minimum absolute atomic E-state index is 0.00787. The van der Waals surface area contributed by atoms with E-state index in [1.807, 2.05) is 36.9 Å². The first-order valence-corrected chi connectivity index (χ1v) is 8.06. The van der Waals surface area contributed by atoms with Crippen molar-refractivity contribution in [2.24, 2.45) is 5.92 Å². The van der Waals surface area contributed by atoms with E-state index in [1.54, 1.807) is 0 Å². The van der Waals surface area contributed by atoms with E-state index in [0.29, 0.717) is 12.5 Å². The number of aryl methyl sites for hydroxylation is 2. The van der Waals surface area contributed by atoms with Gasteiger partial charge in [-0.05, 0) is 44.7 Å². The molecule has 1 saturated heterocycles. The Kier molecular flexibility index (Phi) is 4.41. The lowest BCUT2D eigenvalue weighted by molar-refractivity contribution is 0.118. The molecule has 2 aromatic rings. The predicted octanol–water partition coefficient (Wildman–Crippen LogP) is 3.57. The molecule has 0 spiro atoms. The molecule has 6 heteroatoms. The van der Waals surface area contributed by atoms with Gasteiger partial charge in [-0.3, -0.25) is 0 Å². The molecule has 2 aromatic heterocycles. The van der Waals surface area contributed by atoms with Gasteiger partial charge in [0.1, 0.15) is 23.0 Å². The third kappa shape index (κ3) is 3.57. The number of hydrogen-bond donors (Lipinski definition) is 1. The Bertz CT molecular complexity index is 676. The fourth-order valence-corrected chi connectivity index (χ4v) is 3.06. The Hall–Kier alpha value is -2.24. The van der Waals surface area contributed by atoms with E-state index in [-0.39, 0.29) is 12.1 Å². The number of carbonyl (C=O) groups is 1. The van der Waals surface area contributed by atoms with Crippen molar-refractivity contribution in [3.05, 3.63) is 41.2 Å². The number of furan rings is 1. The number of rotatable bonds is 3. The molecule has 0 bridgehead atoms.